The van der Waals surface area contributed by atoms with Crippen molar-refractivity contribution in [3.05, 3.63) is 48.4 Å². The normalized spacial score (nSPS) is 17.9. The minimum atomic E-state index is -0.319. The highest BCUT2D eigenvalue weighted by atomic mass is 19.1. The van der Waals surface area contributed by atoms with E-state index in [2.05, 4.69) is 34.4 Å². The molecule has 0 spiro atoms. The van der Waals surface area contributed by atoms with Gasteiger partial charge in [0.15, 0.2) is 0 Å². The molecule has 1 aliphatic heterocycles. The Labute approximate surface area is 158 Å². The number of hydrogen-bond donors (Lipinski definition) is 2. The first kappa shape index (κ1) is 19.3. The molecule has 1 aromatic heterocycles. The Balaban J connectivity index is 1.57. The molecule has 3 rings (SSSR count). The summed E-state index contributed by atoms with van der Waals surface area (Å²) in [6.07, 6.45) is 1.53. The number of nitrogens with one attached hydrogen (secondary N) is 2. The molecule has 1 saturated heterocycles. The van der Waals surface area contributed by atoms with Gasteiger partial charge in [-0.15, -0.1) is 0 Å². The number of pyridine rings is 1. The van der Waals surface area contributed by atoms with Crippen molar-refractivity contribution in [2.24, 2.45) is 0 Å². The number of carbonyl (C=O) groups excluding carboxylic acids is 1. The first-order valence-electron chi connectivity index (χ1n) is 9.02. The van der Waals surface area contributed by atoms with Gasteiger partial charge in [0.25, 0.3) is 0 Å². The van der Waals surface area contributed by atoms with Crippen molar-refractivity contribution in [1.29, 1.82) is 0 Å². The fourth-order valence-electron chi connectivity index (χ4n) is 3.06. The number of benzene rings is 1. The second-order valence-electron chi connectivity index (χ2n) is 7.38. The molecule has 0 unspecified atom stereocenters. The molecular formula is C20H25FN4O2. The molecule has 1 fully saturated rings. The van der Waals surface area contributed by atoms with Gasteiger partial charge in [-0.05, 0) is 57.2 Å². The van der Waals surface area contributed by atoms with Crippen LogP contribution in [0.1, 0.15) is 20.8 Å². The fraction of sp³-hybridized carbons (Fsp3) is 0.400. The number of halogens is 1. The van der Waals surface area contributed by atoms with E-state index in [9.17, 15) is 9.18 Å². The number of carbonyl (C=O) groups is 1. The van der Waals surface area contributed by atoms with Crippen molar-refractivity contribution in [3.63, 3.8) is 0 Å². The van der Waals surface area contributed by atoms with Crippen LogP contribution in [0.5, 0.6) is 11.5 Å². The van der Waals surface area contributed by atoms with Crippen LogP contribution in [0, 0.1) is 5.82 Å². The molecule has 2 aromatic rings. The molecule has 144 valence electrons. The first-order valence-corrected chi connectivity index (χ1v) is 9.02. The Morgan fingerprint density at radius 2 is 1.96 bits per heavy atom. The molecule has 0 radical (unpaired) electrons. The summed E-state index contributed by atoms with van der Waals surface area (Å²) in [4.78, 5) is 18.9. The fourth-order valence-corrected chi connectivity index (χ4v) is 3.06. The van der Waals surface area contributed by atoms with Crippen LogP contribution in [-0.2, 0) is 4.79 Å². The van der Waals surface area contributed by atoms with E-state index in [1.54, 1.807) is 24.3 Å². The Hall–Kier alpha value is -2.51. The van der Waals surface area contributed by atoms with Gasteiger partial charge in [-0.2, -0.15) is 0 Å². The Kier molecular flexibility index (Phi) is 5.72. The van der Waals surface area contributed by atoms with E-state index in [1.165, 1.54) is 18.3 Å². The van der Waals surface area contributed by atoms with Crippen LogP contribution in [0.25, 0.3) is 0 Å². The summed E-state index contributed by atoms with van der Waals surface area (Å²) >= 11 is 0. The molecule has 1 aliphatic rings. The van der Waals surface area contributed by atoms with Crippen LogP contribution in [-0.4, -0.2) is 47.0 Å². The molecule has 7 heteroatoms. The Morgan fingerprint density at radius 1 is 1.26 bits per heavy atom. The molecule has 0 saturated carbocycles. The van der Waals surface area contributed by atoms with Crippen molar-refractivity contribution < 1.29 is 13.9 Å². The van der Waals surface area contributed by atoms with Gasteiger partial charge >= 0.3 is 0 Å². The maximum absolute atomic E-state index is 12.9. The summed E-state index contributed by atoms with van der Waals surface area (Å²) < 4.78 is 18.5. The summed E-state index contributed by atoms with van der Waals surface area (Å²) in [5.74, 6) is 1.09. The smallest absolute Gasteiger partial charge is 0.242 e. The van der Waals surface area contributed by atoms with Crippen molar-refractivity contribution in [3.8, 4) is 11.5 Å². The van der Waals surface area contributed by atoms with E-state index < -0.39 is 0 Å². The molecule has 27 heavy (non-hydrogen) atoms. The van der Waals surface area contributed by atoms with Crippen molar-refractivity contribution >= 4 is 11.7 Å². The molecule has 1 aromatic carbocycles. The zero-order valence-corrected chi connectivity index (χ0v) is 15.8. The van der Waals surface area contributed by atoms with Gasteiger partial charge in [0.2, 0.25) is 5.91 Å². The van der Waals surface area contributed by atoms with E-state index in [1.807, 2.05) is 6.92 Å². The molecular weight excluding hydrogens is 347 g/mol. The van der Waals surface area contributed by atoms with E-state index in [0.717, 1.165) is 19.6 Å². The lowest BCUT2D eigenvalue weighted by Crippen LogP contribution is -2.60. The highest BCUT2D eigenvalue weighted by Gasteiger charge is 2.31. The van der Waals surface area contributed by atoms with Crippen molar-refractivity contribution in [2.75, 3.05) is 25.0 Å². The zero-order valence-electron chi connectivity index (χ0n) is 15.8. The SMILES string of the molecule is C[C@@H](C(=O)Nc1ccc(Oc2ccc(F)cc2)cn1)N1CCNC(C)(C)C1. The summed E-state index contributed by atoms with van der Waals surface area (Å²) in [6, 6.07) is 8.90. The summed E-state index contributed by atoms with van der Waals surface area (Å²) in [5, 5.41) is 6.29. The number of nitrogens with zero attached hydrogens (tertiary/aromatic N) is 2. The van der Waals surface area contributed by atoms with Gasteiger partial charge in [-0.1, -0.05) is 0 Å². The third-order valence-corrected chi connectivity index (χ3v) is 4.57. The van der Waals surface area contributed by atoms with Crippen LogP contribution in [0.3, 0.4) is 0 Å². The number of hydrogen-bond acceptors (Lipinski definition) is 5. The van der Waals surface area contributed by atoms with E-state index >= 15 is 0 Å². The topological polar surface area (TPSA) is 66.5 Å². The predicted octanol–water partition coefficient (Wildman–Crippen LogP) is 3.02. The number of aromatic nitrogens is 1. The minimum absolute atomic E-state index is 0.00954. The Bertz CT molecular complexity index is 778. The van der Waals surface area contributed by atoms with Crippen LogP contribution in [0.15, 0.2) is 42.6 Å². The van der Waals surface area contributed by atoms with E-state index in [4.69, 9.17) is 4.74 Å². The van der Waals surface area contributed by atoms with Gasteiger partial charge in [0.05, 0.1) is 12.2 Å². The molecule has 0 bridgehead atoms. The molecule has 1 atom stereocenters. The average Bonchev–Trinajstić information content (AvgIpc) is 2.63. The van der Waals surface area contributed by atoms with E-state index in [0.29, 0.717) is 17.3 Å². The van der Waals surface area contributed by atoms with Crippen molar-refractivity contribution in [2.45, 2.75) is 32.4 Å². The summed E-state index contributed by atoms with van der Waals surface area (Å²) in [5.41, 5.74) is -0.00954. The third kappa shape index (κ3) is 5.24. The van der Waals surface area contributed by atoms with Gasteiger partial charge in [-0.3, -0.25) is 9.69 Å². The van der Waals surface area contributed by atoms with E-state index in [-0.39, 0.29) is 23.3 Å². The lowest BCUT2D eigenvalue weighted by Gasteiger charge is -2.41. The average molecular weight is 372 g/mol. The second-order valence-corrected chi connectivity index (χ2v) is 7.38. The minimum Gasteiger partial charge on any atom is -0.456 e. The molecule has 2 heterocycles. The number of amides is 1. The maximum atomic E-state index is 12.9. The first-order chi connectivity index (χ1) is 12.8. The second kappa shape index (κ2) is 8.02. The summed E-state index contributed by atoms with van der Waals surface area (Å²) in [6.45, 7) is 8.66. The number of rotatable bonds is 5. The number of piperazine rings is 1. The van der Waals surface area contributed by atoms with Gasteiger partial charge < -0.3 is 15.4 Å². The van der Waals surface area contributed by atoms with Gasteiger partial charge in [0.1, 0.15) is 23.1 Å². The highest BCUT2D eigenvalue weighted by molar-refractivity contribution is 5.93. The highest BCUT2D eigenvalue weighted by Crippen LogP contribution is 2.22. The molecule has 2 N–H and O–H groups in total. The summed E-state index contributed by atoms with van der Waals surface area (Å²) in [7, 11) is 0. The molecule has 0 aliphatic carbocycles. The molecule has 1 amide bonds. The number of anilines is 1. The largest absolute Gasteiger partial charge is 0.456 e. The molecule has 6 nitrogen and oxygen atoms in total. The predicted molar refractivity (Wildman–Crippen MR) is 102 cm³/mol. The third-order valence-electron chi connectivity index (χ3n) is 4.57. The lowest BCUT2D eigenvalue weighted by atomic mass is 10.0. The maximum Gasteiger partial charge on any atom is 0.242 e. The number of ether oxygens (including phenoxy) is 1. The Morgan fingerprint density at radius 3 is 2.59 bits per heavy atom. The van der Waals surface area contributed by atoms with Crippen molar-refractivity contribution in [1.82, 2.24) is 15.2 Å². The lowest BCUT2D eigenvalue weighted by molar-refractivity contribution is -0.121. The monoisotopic (exact) mass is 372 g/mol. The van der Waals surface area contributed by atoms with Gasteiger partial charge in [-0.25, -0.2) is 9.37 Å². The zero-order chi connectivity index (χ0) is 19.4. The quantitative estimate of drug-likeness (QED) is 0.845. The van der Waals surface area contributed by atoms with Crippen LogP contribution < -0.4 is 15.4 Å². The van der Waals surface area contributed by atoms with Gasteiger partial charge in [0, 0.05) is 25.2 Å². The standard InChI is InChI=1S/C20H25FN4O2/c1-14(25-11-10-23-20(2,3)13-25)19(26)24-18-9-8-17(12-22-18)27-16-6-4-15(21)5-7-16/h4-9,12,14,23H,10-11,13H2,1-3H3,(H,22,24,26)/t14-/m0/s1. The van der Waals surface area contributed by atoms with Crippen LogP contribution in [0.2, 0.25) is 0 Å². The van der Waals surface area contributed by atoms with Crippen LogP contribution >= 0.6 is 0 Å². The van der Waals surface area contributed by atoms with Crippen LogP contribution in [0.4, 0.5) is 10.2 Å².